The molecule has 4 heteroatoms. The molecule has 70 valence electrons. The smallest absolute Gasteiger partial charge is 0.104 e. The molecule has 0 rings (SSSR count). The van der Waals surface area contributed by atoms with Gasteiger partial charge in [0.2, 0.25) is 0 Å². The van der Waals surface area contributed by atoms with Gasteiger partial charge in [-0.15, -0.1) is 0 Å². The number of nitrogens with one attached hydrogen (secondary N) is 2. The Hall–Kier alpha value is -0.480. The highest BCUT2D eigenvalue weighted by atomic mass is 32.2. The van der Waals surface area contributed by atoms with E-state index in [1.54, 1.807) is 6.08 Å². The van der Waals surface area contributed by atoms with Crippen LogP contribution in [0.4, 0.5) is 0 Å². The average Bonchev–Trinajstić information content (AvgIpc) is 1.97. The van der Waals surface area contributed by atoms with Gasteiger partial charge in [0.15, 0.2) is 0 Å². The summed E-state index contributed by atoms with van der Waals surface area (Å²) in [5.74, 6) is 0. The van der Waals surface area contributed by atoms with Crippen LogP contribution in [0.2, 0.25) is 0 Å². The summed E-state index contributed by atoms with van der Waals surface area (Å²) in [6.45, 7) is 6.26. The highest BCUT2D eigenvalue weighted by Crippen LogP contribution is 2.22. The standard InChI is InChI=1S/C8H17N3S/c1-8(2,3)6(11-4)5-7(9)12-10/h5,9,11H,10H2,1-4H3/b6-5-,9-7?. The van der Waals surface area contributed by atoms with Crippen molar-refractivity contribution in [2.75, 3.05) is 7.05 Å². The van der Waals surface area contributed by atoms with Gasteiger partial charge in [0.05, 0.1) is 0 Å². The summed E-state index contributed by atoms with van der Waals surface area (Å²) in [4.78, 5) is 0. The van der Waals surface area contributed by atoms with Gasteiger partial charge in [-0.25, -0.2) is 0 Å². The molecule has 0 aromatic heterocycles. The van der Waals surface area contributed by atoms with Crippen LogP contribution in [0, 0.1) is 10.8 Å². The summed E-state index contributed by atoms with van der Waals surface area (Å²) >= 11 is 0.952. The van der Waals surface area contributed by atoms with Gasteiger partial charge in [0.1, 0.15) is 5.04 Å². The number of allylic oxidation sites excluding steroid dienone is 1. The summed E-state index contributed by atoms with van der Waals surface area (Å²) in [6.07, 6.45) is 1.75. The molecule has 0 fully saturated rings. The topological polar surface area (TPSA) is 61.9 Å². The number of rotatable bonds is 2. The normalized spacial score (nSPS) is 12.9. The molecule has 0 aromatic rings. The molecule has 0 spiro atoms. The van der Waals surface area contributed by atoms with Crippen LogP contribution in [0.3, 0.4) is 0 Å². The van der Waals surface area contributed by atoms with E-state index in [9.17, 15) is 0 Å². The van der Waals surface area contributed by atoms with Crippen LogP contribution in [0.1, 0.15) is 20.8 Å². The summed E-state index contributed by atoms with van der Waals surface area (Å²) < 4.78 is 0. The van der Waals surface area contributed by atoms with Crippen molar-refractivity contribution in [3.05, 3.63) is 11.8 Å². The monoisotopic (exact) mass is 187 g/mol. The van der Waals surface area contributed by atoms with Gasteiger partial charge in [-0.3, -0.25) is 10.5 Å². The summed E-state index contributed by atoms with van der Waals surface area (Å²) in [5, 5.41) is 16.0. The van der Waals surface area contributed by atoms with E-state index in [0.717, 1.165) is 17.6 Å². The number of nitrogens with two attached hydrogens (primary N) is 1. The van der Waals surface area contributed by atoms with E-state index in [0.29, 0.717) is 5.04 Å². The van der Waals surface area contributed by atoms with Gasteiger partial charge in [0, 0.05) is 18.2 Å². The molecule has 0 aliphatic heterocycles. The molecule has 0 atom stereocenters. The van der Waals surface area contributed by atoms with Crippen LogP contribution in [-0.4, -0.2) is 12.1 Å². The molecule has 0 unspecified atom stereocenters. The largest absolute Gasteiger partial charge is 0.391 e. The second-order valence-corrected chi connectivity index (χ2v) is 4.22. The van der Waals surface area contributed by atoms with Crippen molar-refractivity contribution in [2.24, 2.45) is 10.6 Å². The Morgan fingerprint density at radius 2 is 2.00 bits per heavy atom. The average molecular weight is 187 g/mol. The summed E-state index contributed by atoms with van der Waals surface area (Å²) in [5.41, 5.74) is 1.06. The Labute approximate surface area is 78.4 Å². The zero-order valence-corrected chi connectivity index (χ0v) is 8.88. The maximum Gasteiger partial charge on any atom is 0.104 e. The lowest BCUT2D eigenvalue weighted by atomic mass is 9.92. The molecule has 0 aliphatic carbocycles. The third-order valence-electron chi connectivity index (χ3n) is 1.48. The quantitative estimate of drug-likeness (QED) is 0.350. The van der Waals surface area contributed by atoms with E-state index >= 15 is 0 Å². The first kappa shape index (κ1) is 11.5. The lowest BCUT2D eigenvalue weighted by Crippen LogP contribution is -2.21. The van der Waals surface area contributed by atoms with E-state index in [2.05, 4.69) is 26.1 Å². The number of hydrogen-bond acceptors (Lipinski definition) is 4. The van der Waals surface area contributed by atoms with Crippen molar-refractivity contribution in [3.63, 3.8) is 0 Å². The van der Waals surface area contributed by atoms with E-state index in [4.69, 9.17) is 10.5 Å². The molecule has 0 bridgehead atoms. The molecule has 0 aliphatic rings. The molecular weight excluding hydrogens is 170 g/mol. The lowest BCUT2D eigenvalue weighted by molar-refractivity contribution is 0.474. The van der Waals surface area contributed by atoms with Gasteiger partial charge in [0.25, 0.3) is 0 Å². The Morgan fingerprint density at radius 3 is 2.25 bits per heavy atom. The van der Waals surface area contributed by atoms with Crippen LogP contribution in [0.5, 0.6) is 0 Å². The minimum Gasteiger partial charge on any atom is -0.391 e. The van der Waals surface area contributed by atoms with E-state index in [-0.39, 0.29) is 5.41 Å². The van der Waals surface area contributed by atoms with Crippen molar-refractivity contribution >= 4 is 17.0 Å². The predicted octanol–water partition coefficient (Wildman–Crippen LogP) is 1.72. The minimum atomic E-state index is 0.0385. The summed E-state index contributed by atoms with van der Waals surface area (Å²) in [6, 6.07) is 0. The van der Waals surface area contributed by atoms with Gasteiger partial charge < -0.3 is 5.32 Å². The van der Waals surface area contributed by atoms with Crippen molar-refractivity contribution in [3.8, 4) is 0 Å². The first-order chi connectivity index (χ1) is 5.41. The van der Waals surface area contributed by atoms with Crippen molar-refractivity contribution in [2.45, 2.75) is 20.8 Å². The SMILES string of the molecule is CN/C(=C\C(=N)SN)C(C)(C)C. The molecule has 4 N–H and O–H groups in total. The van der Waals surface area contributed by atoms with Crippen LogP contribution in [0.25, 0.3) is 0 Å². The lowest BCUT2D eigenvalue weighted by Gasteiger charge is -2.22. The molecule has 0 aromatic carbocycles. The van der Waals surface area contributed by atoms with E-state index < -0.39 is 0 Å². The highest BCUT2D eigenvalue weighted by molar-refractivity contribution is 8.12. The Balaban J connectivity index is 4.55. The maximum atomic E-state index is 7.37. The Bertz CT molecular complexity index is 191. The molecule has 0 heterocycles. The molecular formula is C8H17N3S. The molecule has 3 nitrogen and oxygen atoms in total. The molecule has 0 saturated heterocycles. The van der Waals surface area contributed by atoms with Crippen molar-refractivity contribution in [1.82, 2.24) is 5.32 Å². The zero-order chi connectivity index (χ0) is 9.78. The predicted molar refractivity (Wildman–Crippen MR) is 56.1 cm³/mol. The van der Waals surface area contributed by atoms with E-state index in [1.807, 2.05) is 7.05 Å². The zero-order valence-electron chi connectivity index (χ0n) is 8.06. The second-order valence-electron chi connectivity index (χ2n) is 3.54. The van der Waals surface area contributed by atoms with Gasteiger partial charge in [-0.2, -0.15) is 0 Å². The Kier molecular flexibility index (Phi) is 4.34. The van der Waals surface area contributed by atoms with Crippen LogP contribution in [0.15, 0.2) is 11.8 Å². The van der Waals surface area contributed by atoms with E-state index in [1.165, 1.54) is 0 Å². The molecule has 0 amide bonds. The van der Waals surface area contributed by atoms with Gasteiger partial charge >= 0.3 is 0 Å². The fraction of sp³-hybridized carbons (Fsp3) is 0.625. The summed E-state index contributed by atoms with van der Waals surface area (Å²) in [7, 11) is 1.85. The van der Waals surface area contributed by atoms with Crippen LogP contribution in [-0.2, 0) is 0 Å². The van der Waals surface area contributed by atoms with Crippen molar-refractivity contribution in [1.29, 1.82) is 5.41 Å². The first-order valence-electron chi connectivity index (χ1n) is 3.77. The van der Waals surface area contributed by atoms with Crippen LogP contribution < -0.4 is 10.5 Å². The fourth-order valence-electron chi connectivity index (χ4n) is 0.829. The highest BCUT2D eigenvalue weighted by Gasteiger charge is 2.15. The van der Waals surface area contributed by atoms with Crippen LogP contribution >= 0.6 is 11.9 Å². The van der Waals surface area contributed by atoms with Gasteiger partial charge in [-0.1, -0.05) is 20.8 Å². The van der Waals surface area contributed by atoms with Gasteiger partial charge in [-0.05, 0) is 18.0 Å². The fourth-order valence-corrected chi connectivity index (χ4v) is 1.01. The molecule has 0 saturated carbocycles. The second kappa shape index (κ2) is 4.52. The van der Waals surface area contributed by atoms with Crippen molar-refractivity contribution < 1.29 is 0 Å². The minimum absolute atomic E-state index is 0.0385. The third kappa shape index (κ3) is 3.78. The number of hydrogen-bond donors (Lipinski definition) is 3. The molecule has 0 radical (unpaired) electrons. The molecule has 12 heavy (non-hydrogen) atoms. The first-order valence-corrected chi connectivity index (χ1v) is 4.65. The third-order valence-corrected chi connectivity index (χ3v) is 1.85. The maximum absolute atomic E-state index is 7.37. The Morgan fingerprint density at radius 1 is 1.50 bits per heavy atom.